The van der Waals surface area contributed by atoms with Crippen molar-refractivity contribution in [2.75, 3.05) is 11.9 Å². The van der Waals surface area contributed by atoms with E-state index in [-0.39, 0.29) is 23.1 Å². The monoisotopic (exact) mass is 597 g/mol. The number of nitro groups is 1. The number of para-hydroxylation sites is 1. The van der Waals surface area contributed by atoms with Crippen molar-refractivity contribution >= 4 is 28.2 Å². The smallest absolute Gasteiger partial charge is 0.276 e. The molecule has 1 amide bonds. The van der Waals surface area contributed by atoms with E-state index in [1.54, 1.807) is 60.7 Å². The number of amides is 1. The summed E-state index contributed by atoms with van der Waals surface area (Å²) in [5.41, 5.74) is 3.19. The molecule has 9 heteroatoms. The average molecular weight is 598 g/mol. The molecule has 0 radical (unpaired) electrons. The highest BCUT2D eigenvalue weighted by molar-refractivity contribution is 6.13. The molecule has 5 aromatic carbocycles. The number of nitro benzene ring substituents is 1. The molecule has 45 heavy (non-hydrogen) atoms. The molecule has 0 aliphatic rings. The third-order valence-electron chi connectivity index (χ3n) is 6.82. The van der Waals surface area contributed by atoms with Crippen LogP contribution in [0.15, 0.2) is 127 Å². The van der Waals surface area contributed by atoms with E-state index < -0.39 is 4.92 Å². The van der Waals surface area contributed by atoms with E-state index in [2.05, 4.69) is 5.32 Å². The molecule has 6 rings (SSSR count). The molecule has 0 saturated carbocycles. The van der Waals surface area contributed by atoms with Gasteiger partial charge in [0.2, 0.25) is 0 Å². The molecule has 6 aromatic rings. The highest BCUT2D eigenvalue weighted by atomic mass is 16.6. The summed E-state index contributed by atoms with van der Waals surface area (Å²) in [6.07, 6.45) is 0. The van der Waals surface area contributed by atoms with Crippen LogP contribution in [0.2, 0.25) is 0 Å². The molecule has 0 atom stereocenters. The van der Waals surface area contributed by atoms with Crippen LogP contribution in [0.3, 0.4) is 0 Å². The molecule has 222 valence electrons. The van der Waals surface area contributed by atoms with E-state index in [1.807, 2.05) is 61.5 Å². The van der Waals surface area contributed by atoms with Crippen molar-refractivity contribution in [2.45, 2.75) is 6.92 Å². The molecular weight excluding hydrogens is 570 g/mol. The zero-order chi connectivity index (χ0) is 31.2. The lowest BCUT2D eigenvalue weighted by Gasteiger charge is -2.12. The second-order valence-electron chi connectivity index (χ2n) is 9.94. The van der Waals surface area contributed by atoms with Crippen molar-refractivity contribution in [3.05, 3.63) is 143 Å². The highest BCUT2D eigenvalue weighted by Crippen LogP contribution is 2.34. The van der Waals surface area contributed by atoms with Crippen molar-refractivity contribution in [1.29, 1.82) is 0 Å². The van der Waals surface area contributed by atoms with Gasteiger partial charge in [0.15, 0.2) is 0 Å². The molecule has 0 saturated heterocycles. The van der Waals surface area contributed by atoms with Gasteiger partial charge in [-0.15, -0.1) is 0 Å². The van der Waals surface area contributed by atoms with Crippen LogP contribution >= 0.6 is 0 Å². The summed E-state index contributed by atoms with van der Waals surface area (Å²) >= 11 is 0. The number of nitrogens with zero attached hydrogens (tertiary/aromatic N) is 2. The van der Waals surface area contributed by atoms with Crippen molar-refractivity contribution in [2.24, 2.45) is 0 Å². The van der Waals surface area contributed by atoms with Gasteiger partial charge in [-0.1, -0.05) is 48.5 Å². The number of benzene rings is 5. The molecule has 9 nitrogen and oxygen atoms in total. The number of rotatable bonds is 10. The maximum atomic E-state index is 13.5. The Morgan fingerprint density at radius 3 is 1.98 bits per heavy atom. The second kappa shape index (κ2) is 13.0. The van der Waals surface area contributed by atoms with Crippen LogP contribution in [0.25, 0.3) is 22.2 Å². The number of ether oxygens (including phenoxy) is 3. The van der Waals surface area contributed by atoms with E-state index >= 15 is 0 Å². The van der Waals surface area contributed by atoms with Gasteiger partial charge in [0, 0.05) is 22.7 Å². The maximum Gasteiger partial charge on any atom is 0.276 e. The zero-order valence-electron chi connectivity index (χ0n) is 24.2. The standard InChI is InChI=1S/C36H27N3O6/c1-2-43-27-16-18-29(19-17-27)45-31-21-26(39(41)42)20-30(22-31)44-28-14-12-25(13-15-28)37-36(40)33-23-35(24-8-4-3-5-9-24)38-34-11-7-6-10-32(33)34/h3-23H,2H2,1H3,(H,37,40). The Morgan fingerprint density at radius 1 is 0.733 bits per heavy atom. The summed E-state index contributed by atoms with van der Waals surface area (Å²) in [5.74, 6) is 1.78. The lowest BCUT2D eigenvalue weighted by atomic mass is 10.0. The molecule has 0 aliphatic heterocycles. The van der Waals surface area contributed by atoms with Crippen LogP contribution in [-0.2, 0) is 0 Å². The minimum atomic E-state index is -0.511. The number of anilines is 1. The molecule has 1 N–H and O–H groups in total. The first-order valence-electron chi connectivity index (χ1n) is 14.2. The number of aromatic nitrogens is 1. The van der Waals surface area contributed by atoms with Gasteiger partial charge in [0.05, 0.1) is 40.4 Å². The van der Waals surface area contributed by atoms with Gasteiger partial charge < -0.3 is 19.5 Å². The summed E-state index contributed by atoms with van der Waals surface area (Å²) in [6, 6.07) is 36.9. The first-order chi connectivity index (χ1) is 21.9. The van der Waals surface area contributed by atoms with Crippen LogP contribution in [0.1, 0.15) is 17.3 Å². The van der Waals surface area contributed by atoms with Crippen LogP contribution < -0.4 is 19.5 Å². The van der Waals surface area contributed by atoms with E-state index in [1.165, 1.54) is 12.1 Å². The quantitative estimate of drug-likeness (QED) is 0.124. The van der Waals surface area contributed by atoms with Gasteiger partial charge in [-0.2, -0.15) is 0 Å². The number of fused-ring (bicyclic) bond motifs is 1. The van der Waals surface area contributed by atoms with Crippen molar-refractivity contribution in [3.8, 4) is 40.0 Å². The summed E-state index contributed by atoms with van der Waals surface area (Å²) in [4.78, 5) is 29.3. The minimum Gasteiger partial charge on any atom is -0.494 e. The van der Waals surface area contributed by atoms with E-state index in [0.717, 1.165) is 16.5 Å². The Balaban J connectivity index is 1.19. The van der Waals surface area contributed by atoms with Crippen LogP contribution in [0.5, 0.6) is 28.7 Å². The third-order valence-corrected chi connectivity index (χ3v) is 6.82. The van der Waals surface area contributed by atoms with Gasteiger partial charge in [0.1, 0.15) is 28.7 Å². The Morgan fingerprint density at radius 2 is 1.33 bits per heavy atom. The first kappa shape index (κ1) is 28.9. The van der Waals surface area contributed by atoms with Crippen molar-refractivity contribution in [3.63, 3.8) is 0 Å². The Labute approximate surface area is 258 Å². The topological polar surface area (TPSA) is 113 Å². The van der Waals surface area contributed by atoms with Crippen LogP contribution in [0.4, 0.5) is 11.4 Å². The van der Waals surface area contributed by atoms with Gasteiger partial charge in [-0.3, -0.25) is 14.9 Å². The number of carbonyl (C=O) groups excluding carboxylic acids is 1. The summed E-state index contributed by atoms with van der Waals surface area (Å²) in [6.45, 7) is 2.43. The predicted octanol–water partition coefficient (Wildman–Crippen LogP) is 9.05. The number of carbonyl (C=O) groups is 1. The SMILES string of the molecule is CCOc1ccc(Oc2cc(Oc3ccc(NC(=O)c4cc(-c5ccccc5)nc5ccccc45)cc3)cc([N+](=O)[O-])c2)cc1. The van der Waals surface area contributed by atoms with Gasteiger partial charge in [0.25, 0.3) is 11.6 Å². The Kier molecular flexibility index (Phi) is 8.32. The van der Waals surface area contributed by atoms with Crippen LogP contribution in [-0.4, -0.2) is 22.4 Å². The summed E-state index contributed by atoms with van der Waals surface area (Å²) in [5, 5.41) is 15.3. The first-order valence-corrected chi connectivity index (χ1v) is 14.2. The third kappa shape index (κ3) is 6.89. The average Bonchev–Trinajstić information content (AvgIpc) is 3.06. The number of hydrogen-bond donors (Lipinski definition) is 1. The largest absolute Gasteiger partial charge is 0.494 e. The van der Waals surface area contributed by atoms with Crippen LogP contribution in [0, 0.1) is 10.1 Å². The van der Waals surface area contributed by atoms with Gasteiger partial charge in [-0.25, -0.2) is 4.98 Å². The number of hydrogen-bond acceptors (Lipinski definition) is 7. The van der Waals surface area contributed by atoms with Crippen molar-refractivity contribution in [1.82, 2.24) is 4.98 Å². The fourth-order valence-corrected chi connectivity index (χ4v) is 4.75. The molecule has 0 bridgehead atoms. The molecule has 0 spiro atoms. The highest BCUT2D eigenvalue weighted by Gasteiger charge is 2.16. The molecular formula is C36H27N3O6. The second-order valence-corrected chi connectivity index (χ2v) is 9.94. The fourth-order valence-electron chi connectivity index (χ4n) is 4.75. The Hall–Kier alpha value is -6.22. The van der Waals surface area contributed by atoms with Gasteiger partial charge >= 0.3 is 0 Å². The number of non-ortho nitro benzene ring substituents is 1. The molecule has 0 aliphatic carbocycles. The fraction of sp³-hybridized carbons (Fsp3) is 0.0556. The molecule has 1 aromatic heterocycles. The van der Waals surface area contributed by atoms with E-state index in [9.17, 15) is 14.9 Å². The normalized spacial score (nSPS) is 10.7. The van der Waals surface area contributed by atoms with E-state index in [4.69, 9.17) is 19.2 Å². The lowest BCUT2D eigenvalue weighted by molar-refractivity contribution is -0.385. The molecule has 0 unspecified atom stereocenters. The number of pyridine rings is 1. The molecule has 1 heterocycles. The maximum absolute atomic E-state index is 13.5. The van der Waals surface area contributed by atoms with E-state index in [0.29, 0.717) is 40.8 Å². The Bertz CT molecular complexity index is 1980. The summed E-state index contributed by atoms with van der Waals surface area (Å²) in [7, 11) is 0. The molecule has 0 fully saturated rings. The minimum absolute atomic E-state index is 0.184. The van der Waals surface area contributed by atoms with Crippen molar-refractivity contribution < 1.29 is 23.9 Å². The number of nitrogens with one attached hydrogen (secondary N) is 1. The predicted molar refractivity (Wildman–Crippen MR) is 172 cm³/mol. The lowest BCUT2D eigenvalue weighted by Crippen LogP contribution is -2.13. The van der Waals surface area contributed by atoms with Gasteiger partial charge in [-0.05, 0) is 67.6 Å². The zero-order valence-corrected chi connectivity index (χ0v) is 24.2. The summed E-state index contributed by atoms with van der Waals surface area (Å²) < 4.78 is 17.2.